The minimum Gasteiger partial charge on any atom is -0.444 e. The van der Waals surface area contributed by atoms with E-state index < -0.39 is 5.60 Å². The number of amides is 1. The summed E-state index contributed by atoms with van der Waals surface area (Å²) in [6.45, 7) is 12.5. The van der Waals surface area contributed by atoms with Gasteiger partial charge in [0.05, 0.1) is 0 Å². The highest BCUT2D eigenvalue weighted by Crippen LogP contribution is 2.23. The van der Waals surface area contributed by atoms with Gasteiger partial charge in [-0.2, -0.15) is 0 Å². The summed E-state index contributed by atoms with van der Waals surface area (Å²) < 4.78 is 5.42. The normalized spacial score (nSPS) is 22.9. The minimum atomic E-state index is -0.416. The highest BCUT2D eigenvalue weighted by Gasteiger charge is 2.22. The van der Waals surface area contributed by atoms with Gasteiger partial charge in [-0.3, -0.25) is 0 Å². The largest absolute Gasteiger partial charge is 0.444 e. The number of carbonyl (C=O) groups excluding carboxylic acids is 1. The molecule has 0 aromatic heterocycles. The van der Waals surface area contributed by atoms with Crippen molar-refractivity contribution in [2.75, 3.05) is 19.6 Å². The van der Waals surface area contributed by atoms with Gasteiger partial charge in [0, 0.05) is 19.1 Å². The molecule has 0 radical (unpaired) electrons. The molecule has 0 bridgehead atoms. The summed E-state index contributed by atoms with van der Waals surface area (Å²) in [5.41, 5.74) is -0.416. The summed E-state index contributed by atoms with van der Waals surface area (Å²) in [4.78, 5) is 13.8. The van der Waals surface area contributed by atoms with Crippen LogP contribution < -0.4 is 5.32 Å². The first kappa shape index (κ1) is 18.3. The summed E-state index contributed by atoms with van der Waals surface area (Å²) in [5, 5.41) is 3.66. The Labute approximate surface area is 130 Å². The van der Waals surface area contributed by atoms with Crippen molar-refractivity contribution in [2.45, 2.75) is 78.4 Å². The van der Waals surface area contributed by atoms with Gasteiger partial charge >= 0.3 is 6.09 Å². The van der Waals surface area contributed by atoms with Crippen molar-refractivity contribution in [1.82, 2.24) is 10.2 Å². The van der Waals surface area contributed by atoms with Gasteiger partial charge in [-0.25, -0.2) is 4.79 Å². The fourth-order valence-corrected chi connectivity index (χ4v) is 2.88. The molecule has 0 aromatic rings. The predicted molar refractivity (Wildman–Crippen MR) is 87.5 cm³/mol. The first-order chi connectivity index (χ1) is 9.83. The molecule has 2 unspecified atom stereocenters. The Bertz CT molecular complexity index is 312. The predicted octanol–water partition coefficient (Wildman–Crippen LogP) is 3.80. The molecule has 1 amide bonds. The Hall–Kier alpha value is -0.770. The van der Waals surface area contributed by atoms with Crippen LogP contribution in [0, 0.1) is 5.92 Å². The Kier molecular flexibility index (Phi) is 7.50. The van der Waals surface area contributed by atoms with Crippen LogP contribution in [0.15, 0.2) is 0 Å². The molecule has 0 aliphatic heterocycles. The maximum absolute atomic E-state index is 12.0. The number of hydrogen-bond donors (Lipinski definition) is 1. The SMILES string of the molecule is CCN(CCCNC1CCCCC1C)C(=O)OC(C)(C)C. The number of nitrogens with zero attached hydrogens (tertiary/aromatic N) is 1. The molecule has 1 aliphatic rings. The monoisotopic (exact) mass is 298 g/mol. The molecule has 1 N–H and O–H groups in total. The van der Waals surface area contributed by atoms with Gasteiger partial charge in [0.1, 0.15) is 5.60 Å². The average Bonchev–Trinajstić information content (AvgIpc) is 2.38. The Morgan fingerprint density at radius 1 is 1.29 bits per heavy atom. The zero-order valence-corrected chi connectivity index (χ0v) is 14.6. The van der Waals surface area contributed by atoms with Gasteiger partial charge in [-0.05, 0) is 59.4 Å². The van der Waals surface area contributed by atoms with E-state index in [-0.39, 0.29) is 6.09 Å². The van der Waals surface area contributed by atoms with Gasteiger partial charge in [-0.1, -0.05) is 19.8 Å². The molecule has 21 heavy (non-hydrogen) atoms. The first-order valence-electron chi connectivity index (χ1n) is 8.54. The maximum atomic E-state index is 12.0. The molecule has 124 valence electrons. The van der Waals surface area contributed by atoms with Crippen LogP contribution in [0.5, 0.6) is 0 Å². The third-order valence-corrected chi connectivity index (χ3v) is 4.16. The zero-order chi connectivity index (χ0) is 15.9. The molecule has 1 fully saturated rings. The second-order valence-corrected chi connectivity index (χ2v) is 7.24. The summed E-state index contributed by atoms with van der Waals surface area (Å²) in [6.07, 6.45) is 6.15. The Morgan fingerprint density at radius 2 is 1.95 bits per heavy atom. The molecular formula is C17H34N2O2. The fraction of sp³-hybridized carbons (Fsp3) is 0.941. The van der Waals surface area contributed by atoms with E-state index >= 15 is 0 Å². The lowest BCUT2D eigenvalue weighted by molar-refractivity contribution is 0.0258. The zero-order valence-electron chi connectivity index (χ0n) is 14.6. The lowest BCUT2D eigenvalue weighted by Gasteiger charge is -2.30. The fourth-order valence-electron chi connectivity index (χ4n) is 2.88. The second-order valence-electron chi connectivity index (χ2n) is 7.24. The number of hydrogen-bond acceptors (Lipinski definition) is 3. The van der Waals surface area contributed by atoms with E-state index in [9.17, 15) is 4.79 Å². The molecule has 0 saturated heterocycles. The lowest BCUT2D eigenvalue weighted by Crippen LogP contribution is -2.40. The molecule has 1 rings (SSSR count). The maximum Gasteiger partial charge on any atom is 0.410 e. The van der Waals surface area contributed by atoms with Gasteiger partial charge in [0.25, 0.3) is 0 Å². The number of ether oxygens (including phenoxy) is 1. The topological polar surface area (TPSA) is 41.6 Å². The second kappa shape index (κ2) is 8.62. The van der Waals surface area contributed by atoms with E-state index in [0.29, 0.717) is 12.6 Å². The smallest absolute Gasteiger partial charge is 0.410 e. The van der Waals surface area contributed by atoms with Crippen molar-refractivity contribution in [3.8, 4) is 0 Å². The summed E-state index contributed by atoms with van der Waals surface area (Å²) in [5.74, 6) is 0.784. The van der Waals surface area contributed by atoms with Gasteiger partial charge in [0.2, 0.25) is 0 Å². The van der Waals surface area contributed by atoms with Crippen LogP contribution in [0.25, 0.3) is 0 Å². The van der Waals surface area contributed by atoms with Crippen molar-refractivity contribution in [2.24, 2.45) is 5.92 Å². The molecular weight excluding hydrogens is 264 g/mol. The average molecular weight is 298 g/mol. The molecule has 1 saturated carbocycles. The highest BCUT2D eigenvalue weighted by molar-refractivity contribution is 5.68. The van der Waals surface area contributed by atoms with Crippen LogP contribution in [0.4, 0.5) is 4.79 Å². The van der Waals surface area contributed by atoms with Crippen LogP contribution in [-0.4, -0.2) is 42.3 Å². The van der Waals surface area contributed by atoms with Crippen molar-refractivity contribution in [1.29, 1.82) is 0 Å². The quantitative estimate of drug-likeness (QED) is 0.758. The molecule has 1 aliphatic carbocycles. The van der Waals surface area contributed by atoms with E-state index in [0.717, 1.165) is 25.4 Å². The third-order valence-electron chi connectivity index (χ3n) is 4.16. The van der Waals surface area contributed by atoms with E-state index in [1.54, 1.807) is 4.90 Å². The van der Waals surface area contributed by atoms with Crippen molar-refractivity contribution in [3.05, 3.63) is 0 Å². The number of nitrogens with one attached hydrogen (secondary N) is 1. The first-order valence-corrected chi connectivity index (χ1v) is 8.54. The highest BCUT2D eigenvalue weighted by atomic mass is 16.6. The summed E-state index contributed by atoms with van der Waals surface area (Å²) in [6, 6.07) is 0.662. The molecule has 0 aromatic carbocycles. The molecule has 4 heteroatoms. The van der Waals surface area contributed by atoms with Crippen LogP contribution in [-0.2, 0) is 4.74 Å². The van der Waals surface area contributed by atoms with Crippen LogP contribution in [0.2, 0.25) is 0 Å². The van der Waals surface area contributed by atoms with Crippen molar-refractivity contribution >= 4 is 6.09 Å². The van der Waals surface area contributed by atoms with Crippen LogP contribution in [0.1, 0.15) is 66.7 Å². The third kappa shape index (κ3) is 7.16. The molecule has 2 atom stereocenters. The molecule has 0 heterocycles. The van der Waals surface area contributed by atoms with E-state index in [4.69, 9.17) is 4.74 Å². The van der Waals surface area contributed by atoms with E-state index in [1.807, 2.05) is 27.7 Å². The standard InChI is InChI=1S/C17H34N2O2/c1-6-19(16(20)21-17(3,4)5)13-9-12-18-15-11-8-7-10-14(15)2/h14-15,18H,6-13H2,1-5H3. The molecule has 4 nitrogen and oxygen atoms in total. The Morgan fingerprint density at radius 3 is 2.52 bits per heavy atom. The van der Waals surface area contributed by atoms with Gasteiger partial charge in [-0.15, -0.1) is 0 Å². The summed E-state index contributed by atoms with van der Waals surface area (Å²) >= 11 is 0. The number of carbonyl (C=O) groups is 1. The van der Waals surface area contributed by atoms with Crippen LogP contribution in [0.3, 0.4) is 0 Å². The molecule has 0 spiro atoms. The van der Waals surface area contributed by atoms with Gasteiger partial charge < -0.3 is 15.0 Å². The van der Waals surface area contributed by atoms with Gasteiger partial charge in [0.15, 0.2) is 0 Å². The van der Waals surface area contributed by atoms with E-state index in [1.165, 1.54) is 25.7 Å². The summed E-state index contributed by atoms with van der Waals surface area (Å²) in [7, 11) is 0. The number of rotatable bonds is 6. The minimum absolute atomic E-state index is 0.198. The van der Waals surface area contributed by atoms with Crippen molar-refractivity contribution < 1.29 is 9.53 Å². The van der Waals surface area contributed by atoms with E-state index in [2.05, 4.69) is 12.2 Å². The Balaban J connectivity index is 2.24. The van der Waals surface area contributed by atoms with Crippen LogP contribution >= 0.6 is 0 Å². The van der Waals surface area contributed by atoms with Crippen molar-refractivity contribution in [3.63, 3.8) is 0 Å². The lowest BCUT2D eigenvalue weighted by atomic mass is 9.86.